The zero-order valence-electron chi connectivity index (χ0n) is 13.5. The molecule has 1 aromatic carbocycles. The van der Waals surface area contributed by atoms with Crippen LogP contribution in [0.5, 0.6) is 0 Å². The van der Waals surface area contributed by atoms with Crippen LogP contribution >= 0.6 is 0 Å². The molecular formula is C17H21N3O4. The number of rotatable bonds is 4. The number of piperazine rings is 1. The van der Waals surface area contributed by atoms with Gasteiger partial charge in [-0.1, -0.05) is 6.07 Å². The van der Waals surface area contributed by atoms with Crippen LogP contribution in [0.4, 0.5) is 5.69 Å². The number of nitro benzene ring substituents is 1. The van der Waals surface area contributed by atoms with Crippen molar-refractivity contribution in [3.8, 4) is 0 Å². The van der Waals surface area contributed by atoms with Crippen LogP contribution in [0.1, 0.15) is 23.2 Å². The van der Waals surface area contributed by atoms with E-state index in [4.69, 9.17) is 4.74 Å². The Balaban J connectivity index is 1.54. The Kier molecular flexibility index (Phi) is 5.10. The number of allylic oxidation sites excluding steroid dienone is 1. The first-order valence-corrected chi connectivity index (χ1v) is 8.20. The van der Waals surface area contributed by atoms with E-state index >= 15 is 0 Å². The highest BCUT2D eigenvalue weighted by Gasteiger charge is 2.25. The standard InChI is InChI=1S/C17H21N3O4/c21-17(14-4-3-5-15(12-14)20(22)23)19-9-7-18(8-10-19)13-16-6-1-2-11-24-16/h2-5,11-12,16H,1,6-10,13H2/t16-/m1/s1. The first-order chi connectivity index (χ1) is 11.6. The van der Waals surface area contributed by atoms with Crippen molar-refractivity contribution in [1.82, 2.24) is 9.80 Å². The number of nitro groups is 1. The highest BCUT2D eigenvalue weighted by atomic mass is 16.6. The summed E-state index contributed by atoms with van der Waals surface area (Å²) in [6.07, 6.45) is 6.12. The zero-order chi connectivity index (χ0) is 16.9. The topological polar surface area (TPSA) is 75.9 Å². The number of ether oxygens (including phenoxy) is 1. The second-order valence-corrected chi connectivity index (χ2v) is 6.11. The van der Waals surface area contributed by atoms with E-state index in [0.717, 1.165) is 32.5 Å². The SMILES string of the molecule is O=C(c1cccc([N+](=O)[O-])c1)N1CCN(C[C@H]2CCC=CO2)CC1. The van der Waals surface area contributed by atoms with Crippen LogP contribution in [0, 0.1) is 10.1 Å². The maximum Gasteiger partial charge on any atom is 0.270 e. The largest absolute Gasteiger partial charge is 0.497 e. The summed E-state index contributed by atoms with van der Waals surface area (Å²) in [5, 5.41) is 10.8. The van der Waals surface area contributed by atoms with Gasteiger partial charge >= 0.3 is 0 Å². The van der Waals surface area contributed by atoms with E-state index in [9.17, 15) is 14.9 Å². The monoisotopic (exact) mass is 331 g/mol. The van der Waals surface area contributed by atoms with E-state index in [0.29, 0.717) is 18.7 Å². The quantitative estimate of drug-likeness (QED) is 0.623. The van der Waals surface area contributed by atoms with E-state index in [1.807, 2.05) is 6.08 Å². The van der Waals surface area contributed by atoms with Gasteiger partial charge in [-0.3, -0.25) is 19.8 Å². The van der Waals surface area contributed by atoms with Crippen LogP contribution in [-0.2, 0) is 4.74 Å². The van der Waals surface area contributed by atoms with Crippen LogP contribution in [0.3, 0.4) is 0 Å². The fourth-order valence-corrected chi connectivity index (χ4v) is 3.08. The van der Waals surface area contributed by atoms with Crippen molar-refractivity contribution < 1.29 is 14.5 Å². The molecule has 2 heterocycles. The number of carbonyl (C=O) groups is 1. The van der Waals surface area contributed by atoms with Crippen LogP contribution in [-0.4, -0.2) is 59.5 Å². The molecule has 1 amide bonds. The number of non-ortho nitro benzene ring substituents is 1. The molecular weight excluding hydrogens is 310 g/mol. The van der Waals surface area contributed by atoms with Crippen molar-refractivity contribution in [2.75, 3.05) is 32.7 Å². The summed E-state index contributed by atoms with van der Waals surface area (Å²) in [6, 6.07) is 5.92. The predicted molar refractivity (Wildman–Crippen MR) is 88.7 cm³/mol. The van der Waals surface area contributed by atoms with E-state index in [1.54, 1.807) is 23.3 Å². The third kappa shape index (κ3) is 3.91. The molecule has 24 heavy (non-hydrogen) atoms. The van der Waals surface area contributed by atoms with Crippen molar-refractivity contribution >= 4 is 11.6 Å². The van der Waals surface area contributed by atoms with Crippen LogP contribution in [0.15, 0.2) is 36.6 Å². The van der Waals surface area contributed by atoms with Crippen molar-refractivity contribution in [3.05, 3.63) is 52.3 Å². The number of hydrogen-bond acceptors (Lipinski definition) is 5. The minimum Gasteiger partial charge on any atom is -0.497 e. The first-order valence-electron chi connectivity index (χ1n) is 8.20. The summed E-state index contributed by atoms with van der Waals surface area (Å²) < 4.78 is 5.59. The zero-order valence-corrected chi connectivity index (χ0v) is 13.5. The molecule has 7 heteroatoms. The van der Waals surface area contributed by atoms with Gasteiger partial charge in [0.15, 0.2) is 0 Å². The lowest BCUT2D eigenvalue weighted by molar-refractivity contribution is -0.384. The van der Waals surface area contributed by atoms with Crippen LogP contribution in [0.25, 0.3) is 0 Å². The average molecular weight is 331 g/mol. The molecule has 0 aromatic heterocycles. The fourth-order valence-electron chi connectivity index (χ4n) is 3.08. The third-order valence-corrected chi connectivity index (χ3v) is 4.45. The molecule has 1 fully saturated rings. The van der Waals surface area contributed by atoms with E-state index in [1.165, 1.54) is 12.1 Å². The summed E-state index contributed by atoms with van der Waals surface area (Å²) >= 11 is 0. The smallest absolute Gasteiger partial charge is 0.270 e. The number of nitrogens with zero attached hydrogens (tertiary/aromatic N) is 3. The van der Waals surface area contributed by atoms with E-state index in [-0.39, 0.29) is 17.7 Å². The molecule has 0 aliphatic carbocycles. The Hall–Kier alpha value is -2.41. The van der Waals surface area contributed by atoms with Crippen molar-refractivity contribution in [1.29, 1.82) is 0 Å². The Bertz CT molecular complexity index is 638. The average Bonchev–Trinajstić information content (AvgIpc) is 2.63. The lowest BCUT2D eigenvalue weighted by Crippen LogP contribution is -2.50. The molecule has 2 aliphatic heterocycles. The molecule has 0 spiro atoms. The summed E-state index contributed by atoms with van der Waals surface area (Å²) in [6.45, 7) is 3.73. The van der Waals surface area contributed by atoms with Crippen LogP contribution in [0.2, 0.25) is 0 Å². The molecule has 0 saturated carbocycles. The molecule has 1 saturated heterocycles. The molecule has 0 bridgehead atoms. The maximum atomic E-state index is 12.5. The molecule has 1 atom stereocenters. The summed E-state index contributed by atoms with van der Waals surface area (Å²) in [4.78, 5) is 27.0. The highest BCUT2D eigenvalue weighted by molar-refractivity contribution is 5.94. The summed E-state index contributed by atoms with van der Waals surface area (Å²) in [7, 11) is 0. The third-order valence-electron chi connectivity index (χ3n) is 4.45. The van der Waals surface area contributed by atoms with Gasteiger partial charge in [0.05, 0.1) is 11.2 Å². The normalized spacial score (nSPS) is 21.3. The van der Waals surface area contributed by atoms with Gasteiger partial charge in [0.2, 0.25) is 0 Å². The van der Waals surface area contributed by atoms with Gasteiger partial charge in [-0.15, -0.1) is 0 Å². The van der Waals surface area contributed by atoms with E-state index in [2.05, 4.69) is 4.90 Å². The summed E-state index contributed by atoms with van der Waals surface area (Å²) in [5.41, 5.74) is 0.320. The minimum absolute atomic E-state index is 0.0537. The molecule has 7 nitrogen and oxygen atoms in total. The molecule has 2 aliphatic rings. The van der Waals surface area contributed by atoms with Crippen molar-refractivity contribution in [2.45, 2.75) is 18.9 Å². The number of carbonyl (C=O) groups excluding carboxylic acids is 1. The van der Waals surface area contributed by atoms with Gasteiger partial charge in [-0.2, -0.15) is 0 Å². The van der Waals surface area contributed by atoms with Crippen molar-refractivity contribution in [2.24, 2.45) is 0 Å². The Morgan fingerprint density at radius 2 is 2.08 bits per heavy atom. The van der Waals surface area contributed by atoms with Crippen molar-refractivity contribution in [3.63, 3.8) is 0 Å². The molecule has 0 radical (unpaired) electrons. The highest BCUT2D eigenvalue weighted by Crippen LogP contribution is 2.17. The summed E-state index contributed by atoms with van der Waals surface area (Å²) in [5.74, 6) is -0.143. The minimum atomic E-state index is -0.479. The second kappa shape index (κ2) is 7.44. The maximum absolute atomic E-state index is 12.5. The van der Waals surface area contributed by atoms with Gasteiger partial charge in [0.25, 0.3) is 11.6 Å². The first kappa shape index (κ1) is 16.4. The van der Waals surface area contributed by atoms with E-state index < -0.39 is 4.92 Å². The lowest BCUT2D eigenvalue weighted by atomic mass is 10.1. The Morgan fingerprint density at radius 1 is 1.29 bits per heavy atom. The number of hydrogen-bond donors (Lipinski definition) is 0. The second-order valence-electron chi connectivity index (χ2n) is 6.11. The van der Waals surface area contributed by atoms with Gasteiger partial charge in [-0.25, -0.2) is 0 Å². The molecule has 0 N–H and O–H groups in total. The molecule has 128 valence electrons. The lowest BCUT2D eigenvalue weighted by Gasteiger charge is -2.36. The molecule has 0 unspecified atom stereocenters. The van der Waals surface area contributed by atoms with Crippen LogP contribution < -0.4 is 0 Å². The van der Waals surface area contributed by atoms with Gasteiger partial charge in [0.1, 0.15) is 6.10 Å². The van der Waals surface area contributed by atoms with Gasteiger partial charge < -0.3 is 9.64 Å². The van der Waals surface area contributed by atoms with Gasteiger partial charge in [0, 0.05) is 50.4 Å². The molecule has 3 rings (SSSR count). The Labute approximate surface area is 140 Å². The molecule has 1 aromatic rings. The van der Waals surface area contributed by atoms with Gasteiger partial charge in [-0.05, 0) is 25.0 Å². The number of benzene rings is 1. The number of amides is 1. The predicted octanol–water partition coefficient (Wildman–Crippen LogP) is 2.05. The Morgan fingerprint density at radius 3 is 2.75 bits per heavy atom. The fraction of sp³-hybridized carbons (Fsp3) is 0.471.